The van der Waals surface area contributed by atoms with Crippen LogP contribution in [0.1, 0.15) is 39.5 Å². The second-order valence-electron chi connectivity index (χ2n) is 4.33. The molecule has 1 amide bonds. The van der Waals surface area contributed by atoms with Gasteiger partial charge in [0.05, 0.1) is 6.04 Å². The highest BCUT2D eigenvalue weighted by Gasteiger charge is 2.18. The number of carbonyl (C=O) groups excluding carboxylic acids is 2. The van der Waals surface area contributed by atoms with Crippen LogP contribution in [0, 0.1) is 5.82 Å². The number of halogens is 1. The van der Waals surface area contributed by atoms with Gasteiger partial charge in [-0.05, 0) is 30.7 Å². The molecule has 0 aliphatic rings. The highest BCUT2D eigenvalue weighted by molar-refractivity contribution is 5.93. The zero-order chi connectivity index (χ0) is 14.7. The molecule has 0 radical (unpaired) electrons. The quantitative estimate of drug-likeness (QED) is 0.865. The molecule has 2 rings (SSSR count). The fourth-order valence-corrected chi connectivity index (χ4v) is 1.95. The predicted octanol–water partition coefficient (Wildman–Crippen LogP) is 1.80. The molecule has 1 unspecified atom stereocenters. The molecule has 2 aromatic rings. The summed E-state index contributed by atoms with van der Waals surface area (Å²) in [5, 5.41) is 6.55. The summed E-state index contributed by atoms with van der Waals surface area (Å²) in [6.45, 7) is 1.78. The van der Waals surface area contributed by atoms with Crippen LogP contribution < -0.4 is 5.32 Å². The molecule has 5 nitrogen and oxygen atoms in total. The molecule has 0 spiro atoms. The first-order valence-corrected chi connectivity index (χ1v) is 6.09. The summed E-state index contributed by atoms with van der Waals surface area (Å²) in [6, 6.07) is 7.09. The molecule has 0 bridgehead atoms. The van der Waals surface area contributed by atoms with E-state index in [0.29, 0.717) is 11.8 Å². The average Bonchev–Trinajstić information content (AvgIpc) is 2.89. The number of hydrogen-bond donors (Lipinski definition) is 1. The van der Waals surface area contributed by atoms with E-state index in [1.165, 1.54) is 29.9 Å². The zero-order valence-corrected chi connectivity index (χ0v) is 11.1. The number of nitrogens with zero attached hydrogens (tertiary/aromatic N) is 2. The van der Waals surface area contributed by atoms with E-state index in [1.807, 2.05) is 0 Å². The molecule has 104 valence electrons. The van der Waals surface area contributed by atoms with Gasteiger partial charge in [0, 0.05) is 7.05 Å². The van der Waals surface area contributed by atoms with E-state index in [9.17, 15) is 14.0 Å². The van der Waals surface area contributed by atoms with Crippen molar-refractivity contribution in [1.82, 2.24) is 15.1 Å². The Labute approximate surface area is 115 Å². The minimum atomic E-state index is -0.377. The molecule has 0 saturated carbocycles. The molecule has 6 heteroatoms. The normalized spacial score (nSPS) is 11.9. The third-order valence-corrected chi connectivity index (χ3v) is 3.04. The van der Waals surface area contributed by atoms with Gasteiger partial charge in [0.25, 0.3) is 5.91 Å². The number of nitrogens with one attached hydrogen (secondary N) is 1. The van der Waals surface area contributed by atoms with Gasteiger partial charge >= 0.3 is 0 Å². The number of aromatic nitrogens is 2. The third-order valence-electron chi connectivity index (χ3n) is 3.04. The molecule has 0 aliphatic heterocycles. The minimum absolute atomic E-state index is 0.151. The molecule has 0 saturated heterocycles. The second-order valence-corrected chi connectivity index (χ2v) is 4.33. The van der Waals surface area contributed by atoms with Crippen molar-refractivity contribution in [2.75, 3.05) is 7.05 Å². The van der Waals surface area contributed by atoms with E-state index >= 15 is 0 Å². The highest BCUT2D eigenvalue weighted by atomic mass is 19.1. The van der Waals surface area contributed by atoms with Crippen LogP contribution in [0.25, 0.3) is 0 Å². The molecule has 1 aromatic carbocycles. The Kier molecular flexibility index (Phi) is 3.93. The average molecular weight is 275 g/mol. The van der Waals surface area contributed by atoms with Gasteiger partial charge in [-0.15, -0.1) is 0 Å². The first-order valence-electron chi connectivity index (χ1n) is 6.09. The molecule has 0 fully saturated rings. The number of hydrogen-bond acceptors (Lipinski definition) is 3. The lowest BCUT2D eigenvalue weighted by Crippen LogP contribution is -2.19. The summed E-state index contributed by atoms with van der Waals surface area (Å²) >= 11 is 0. The summed E-state index contributed by atoms with van der Waals surface area (Å²) in [7, 11) is 1.48. The Bertz CT molecular complexity index is 652. The van der Waals surface area contributed by atoms with Crippen LogP contribution in [0.2, 0.25) is 0 Å². The molecule has 20 heavy (non-hydrogen) atoms. The zero-order valence-electron chi connectivity index (χ0n) is 11.1. The molecule has 0 aliphatic carbocycles. The van der Waals surface area contributed by atoms with Gasteiger partial charge in [-0.3, -0.25) is 14.3 Å². The third kappa shape index (κ3) is 2.59. The lowest BCUT2D eigenvalue weighted by Gasteiger charge is -2.14. The van der Waals surface area contributed by atoms with Crippen molar-refractivity contribution in [3.63, 3.8) is 0 Å². The number of benzene rings is 1. The van der Waals surface area contributed by atoms with Crippen molar-refractivity contribution in [2.45, 2.75) is 13.0 Å². The summed E-state index contributed by atoms with van der Waals surface area (Å²) in [5.41, 5.74) is 1.08. The number of aldehydes is 1. The van der Waals surface area contributed by atoms with Crippen LogP contribution in [0.5, 0.6) is 0 Å². The van der Waals surface area contributed by atoms with Gasteiger partial charge in [0.1, 0.15) is 11.5 Å². The van der Waals surface area contributed by atoms with E-state index in [2.05, 4.69) is 10.4 Å². The van der Waals surface area contributed by atoms with Crippen molar-refractivity contribution in [1.29, 1.82) is 0 Å². The van der Waals surface area contributed by atoms with Crippen molar-refractivity contribution in [3.05, 3.63) is 53.1 Å². The van der Waals surface area contributed by atoms with Crippen LogP contribution in [0.3, 0.4) is 0 Å². The van der Waals surface area contributed by atoms with Gasteiger partial charge in [0.2, 0.25) is 0 Å². The molecular formula is C14H14FN3O2. The maximum atomic E-state index is 13.3. The Balaban J connectivity index is 2.43. The molecule has 1 atom stereocenters. The van der Waals surface area contributed by atoms with Crippen molar-refractivity contribution < 1.29 is 14.0 Å². The minimum Gasteiger partial charge on any atom is -0.354 e. The van der Waals surface area contributed by atoms with E-state index in [-0.39, 0.29) is 29.2 Å². The van der Waals surface area contributed by atoms with E-state index < -0.39 is 0 Å². The number of carbonyl (C=O) groups is 2. The largest absolute Gasteiger partial charge is 0.354 e. The van der Waals surface area contributed by atoms with Gasteiger partial charge in [-0.25, -0.2) is 4.39 Å². The Morgan fingerprint density at radius 2 is 2.20 bits per heavy atom. The van der Waals surface area contributed by atoms with E-state index in [4.69, 9.17) is 0 Å². The molecular weight excluding hydrogens is 261 g/mol. The maximum absolute atomic E-state index is 13.3. The Morgan fingerprint density at radius 1 is 1.45 bits per heavy atom. The number of rotatable bonds is 4. The fraction of sp³-hybridized carbons (Fsp3) is 0.214. The second kappa shape index (κ2) is 5.64. The maximum Gasteiger partial charge on any atom is 0.271 e. The van der Waals surface area contributed by atoms with Crippen molar-refractivity contribution in [2.24, 2.45) is 0 Å². The van der Waals surface area contributed by atoms with E-state index in [1.54, 1.807) is 19.1 Å². The summed E-state index contributed by atoms with van der Waals surface area (Å²) in [5.74, 6) is -0.737. The summed E-state index contributed by atoms with van der Waals surface area (Å²) < 4.78 is 14.7. The van der Waals surface area contributed by atoms with Gasteiger partial charge in [-0.2, -0.15) is 5.10 Å². The van der Waals surface area contributed by atoms with Gasteiger partial charge < -0.3 is 5.32 Å². The monoisotopic (exact) mass is 275 g/mol. The Morgan fingerprint density at radius 3 is 2.80 bits per heavy atom. The predicted molar refractivity (Wildman–Crippen MR) is 71.2 cm³/mol. The molecule has 1 N–H and O–H groups in total. The first kappa shape index (κ1) is 13.9. The number of amides is 1. The van der Waals surface area contributed by atoms with Crippen LogP contribution in [-0.4, -0.2) is 29.0 Å². The smallest absolute Gasteiger partial charge is 0.271 e. The molecule has 1 heterocycles. The van der Waals surface area contributed by atoms with Crippen LogP contribution >= 0.6 is 0 Å². The first-order chi connectivity index (χ1) is 9.56. The summed E-state index contributed by atoms with van der Waals surface area (Å²) in [6.07, 6.45) is 0.620. The Hall–Kier alpha value is -2.50. The van der Waals surface area contributed by atoms with Gasteiger partial charge in [0.15, 0.2) is 12.0 Å². The highest BCUT2D eigenvalue weighted by Crippen LogP contribution is 2.20. The van der Waals surface area contributed by atoms with Crippen LogP contribution in [0.4, 0.5) is 4.39 Å². The van der Waals surface area contributed by atoms with E-state index in [0.717, 1.165) is 0 Å². The molecule has 1 aromatic heterocycles. The van der Waals surface area contributed by atoms with Crippen LogP contribution in [0.15, 0.2) is 30.3 Å². The topological polar surface area (TPSA) is 64.0 Å². The fourth-order valence-electron chi connectivity index (χ4n) is 1.95. The SMILES string of the molecule is CNC(=O)c1cc(C=O)n(C(C)c2cccc(F)c2)n1. The lowest BCUT2D eigenvalue weighted by molar-refractivity contribution is 0.0957. The standard InChI is InChI=1S/C14H14FN3O2/c1-9(10-4-3-5-11(15)6-10)18-12(8-19)7-13(17-18)14(20)16-2/h3-9H,1-2H3,(H,16,20). The lowest BCUT2D eigenvalue weighted by atomic mass is 10.1. The van der Waals surface area contributed by atoms with Gasteiger partial charge in [-0.1, -0.05) is 12.1 Å². The summed E-state index contributed by atoms with van der Waals surface area (Å²) in [4.78, 5) is 22.6. The van der Waals surface area contributed by atoms with Crippen molar-refractivity contribution in [3.8, 4) is 0 Å². The van der Waals surface area contributed by atoms with Crippen molar-refractivity contribution >= 4 is 12.2 Å². The van der Waals surface area contributed by atoms with Crippen LogP contribution in [-0.2, 0) is 0 Å².